The van der Waals surface area contributed by atoms with E-state index in [4.69, 9.17) is 0 Å². The average Bonchev–Trinajstić information content (AvgIpc) is 2.93. The van der Waals surface area contributed by atoms with Crippen molar-refractivity contribution in [2.75, 3.05) is 11.9 Å². The zero-order valence-corrected chi connectivity index (χ0v) is 13.4. The number of hydrogen-bond acceptors (Lipinski definition) is 5. The summed E-state index contributed by atoms with van der Waals surface area (Å²) in [6.45, 7) is 3.29. The number of thiophene rings is 1. The smallest absolute Gasteiger partial charge is 0.274 e. The van der Waals surface area contributed by atoms with Gasteiger partial charge >= 0.3 is 0 Å². The second-order valence-electron chi connectivity index (χ2n) is 4.90. The summed E-state index contributed by atoms with van der Waals surface area (Å²) in [5, 5.41) is 15.9. The molecule has 0 fully saturated rings. The molecule has 23 heavy (non-hydrogen) atoms. The van der Waals surface area contributed by atoms with Crippen LogP contribution in [-0.2, 0) is 4.79 Å². The van der Waals surface area contributed by atoms with Crippen molar-refractivity contribution in [3.8, 4) is 0 Å². The highest BCUT2D eigenvalue weighted by molar-refractivity contribution is 7.13. The van der Waals surface area contributed by atoms with Crippen molar-refractivity contribution in [1.29, 1.82) is 0 Å². The summed E-state index contributed by atoms with van der Waals surface area (Å²) in [6.07, 6.45) is 0. The third kappa shape index (κ3) is 4.36. The van der Waals surface area contributed by atoms with Gasteiger partial charge in [-0.2, -0.15) is 0 Å². The zero-order valence-electron chi connectivity index (χ0n) is 12.6. The number of rotatable bonds is 5. The Labute approximate surface area is 136 Å². The molecule has 2 rings (SSSR count). The van der Waals surface area contributed by atoms with Gasteiger partial charge < -0.3 is 10.6 Å². The molecule has 1 aromatic heterocycles. The Morgan fingerprint density at radius 3 is 2.57 bits per heavy atom. The molecular weight excluding hydrogens is 318 g/mol. The molecule has 0 aliphatic rings. The van der Waals surface area contributed by atoms with E-state index in [0.717, 1.165) is 4.88 Å². The van der Waals surface area contributed by atoms with Gasteiger partial charge in [0.05, 0.1) is 16.3 Å². The number of benzene rings is 1. The fourth-order valence-electron chi connectivity index (χ4n) is 1.89. The summed E-state index contributed by atoms with van der Waals surface area (Å²) < 4.78 is 0. The Bertz CT molecular complexity index is 770. The Kier molecular flexibility index (Phi) is 5.07. The van der Waals surface area contributed by atoms with E-state index in [9.17, 15) is 19.7 Å². The summed E-state index contributed by atoms with van der Waals surface area (Å²) >= 11 is 1.34. The van der Waals surface area contributed by atoms with Gasteiger partial charge in [0.15, 0.2) is 0 Å². The lowest BCUT2D eigenvalue weighted by atomic mass is 10.2. The fourth-order valence-corrected chi connectivity index (χ4v) is 2.68. The van der Waals surface area contributed by atoms with Gasteiger partial charge in [0.2, 0.25) is 5.91 Å². The van der Waals surface area contributed by atoms with Crippen LogP contribution in [0, 0.1) is 24.0 Å². The maximum absolute atomic E-state index is 11.8. The molecule has 0 atom stereocenters. The Balaban J connectivity index is 1.93. The van der Waals surface area contributed by atoms with Gasteiger partial charge in [0.25, 0.3) is 11.6 Å². The quantitative estimate of drug-likeness (QED) is 0.648. The van der Waals surface area contributed by atoms with E-state index in [2.05, 4.69) is 10.6 Å². The lowest BCUT2D eigenvalue weighted by Crippen LogP contribution is -2.32. The minimum atomic E-state index is -0.508. The van der Waals surface area contributed by atoms with Crippen LogP contribution in [0.2, 0.25) is 0 Å². The topological polar surface area (TPSA) is 101 Å². The maximum Gasteiger partial charge on any atom is 0.274 e. The highest BCUT2D eigenvalue weighted by Crippen LogP contribution is 2.22. The molecule has 120 valence electrons. The minimum absolute atomic E-state index is 0.0686. The standard InChI is InChI=1S/C15H15N3O4S/c1-9-3-5-11(7-12(9)18(21)22)17-14(19)8-16-15(20)13-6-4-10(2)23-13/h3-7H,8H2,1-2H3,(H,16,20)(H,17,19). The van der Waals surface area contributed by atoms with Crippen LogP contribution in [0.3, 0.4) is 0 Å². The van der Waals surface area contributed by atoms with E-state index >= 15 is 0 Å². The Morgan fingerprint density at radius 2 is 1.96 bits per heavy atom. The van der Waals surface area contributed by atoms with E-state index in [0.29, 0.717) is 16.1 Å². The van der Waals surface area contributed by atoms with Gasteiger partial charge in [0.1, 0.15) is 0 Å². The van der Waals surface area contributed by atoms with Crippen molar-refractivity contribution >= 4 is 34.5 Å². The van der Waals surface area contributed by atoms with Crippen LogP contribution in [0.5, 0.6) is 0 Å². The molecule has 1 aromatic carbocycles. The van der Waals surface area contributed by atoms with Crippen molar-refractivity contribution in [3.63, 3.8) is 0 Å². The zero-order chi connectivity index (χ0) is 17.0. The minimum Gasteiger partial charge on any atom is -0.342 e. The molecule has 0 spiro atoms. The van der Waals surface area contributed by atoms with E-state index in [1.807, 2.05) is 13.0 Å². The van der Waals surface area contributed by atoms with Gasteiger partial charge in [-0.3, -0.25) is 19.7 Å². The first-order valence-electron chi connectivity index (χ1n) is 6.76. The first-order valence-corrected chi connectivity index (χ1v) is 7.58. The van der Waals surface area contributed by atoms with Gasteiger partial charge in [-0.25, -0.2) is 0 Å². The number of carbonyl (C=O) groups is 2. The van der Waals surface area contributed by atoms with Gasteiger partial charge in [-0.1, -0.05) is 6.07 Å². The molecule has 7 nitrogen and oxygen atoms in total. The number of nitrogens with one attached hydrogen (secondary N) is 2. The first kappa shape index (κ1) is 16.6. The third-order valence-corrected chi connectivity index (χ3v) is 4.06. The molecule has 1 heterocycles. The van der Waals surface area contributed by atoms with Crippen LogP contribution in [0.15, 0.2) is 30.3 Å². The number of hydrogen-bond donors (Lipinski definition) is 2. The van der Waals surface area contributed by atoms with Crippen LogP contribution in [0.1, 0.15) is 20.1 Å². The Hall–Kier alpha value is -2.74. The molecule has 0 bridgehead atoms. The molecule has 2 aromatic rings. The molecule has 8 heteroatoms. The predicted octanol–water partition coefficient (Wildman–Crippen LogP) is 2.64. The highest BCUT2D eigenvalue weighted by Gasteiger charge is 2.13. The maximum atomic E-state index is 11.8. The highest BCUT2D eigenvalue weighted by atomic mass is 32.1. The van der Waals surface area contributed by atoms with Crippen LogP contribution in [-0.4, -0.2) is 23.3 Å². The third-order valence-electron chi connectivity index (χ3n) is 3.06. The number of nitrogens with zero attached hydrogens (tertiary/aromatic N) is 1. The molecule has 0 unspecified atom stereocenters. The second kappa shape index (κ2) is 7.01. The Morgan fingerprint density at radius 1 is 1.22 bits per heavy atom. The lowest BCUT2D eigenvalue weighted by molar-refractivity contribution is -0.385. The second-order valence-corrected chi connectivity index (χ2v) is 6.19. The van der Waals surface area contributed by atoms with Crippen molar-refractivity contribution in [1.82, 2.24) is 5.32 Å². The molecule has 2 amide bonds. The summed E-state index contributed by atoms with van der Waals surface area (Å²) in [5.41, 5.74) is 0.754. The summed E-state index contributed by atoms with van der Waals surface area (Å²) in [5.74, 6) is -0.780. The number of carbonyl (C=O) groups excluding carboxylic acids is 2. The van der Waals surface area contributed by atoms with E-state index < -0.39 is 10.8 Å². The molecule has 0 saturated carbocycles. The normalized spacial score (nSPS) is 10.2. The van der Waals surface area contributed by atoms with E-state index in [-0.39, 0.29) is 18.1 Å². The monoisotopic (exact) mass is 333 g/mol. The summed E-state index contributed by atoms with van der Waals surface area (Å²) in [4.78, 5) is 35.6. The molecule has 0 aliphatic carbocycles. The number of amides is 2. The molecule has 0 saturated heterocycles. The predicted molar refractivity (Wildman–Crippen MR) is 87.9 cm³/mol. The van der Waals surface area contributed by atoms with Gasteiger partial charge in [-0.05, 0) is 32.0 Å². The van der Waals surface area contributed by atoms with Gasteiger partial charge in [0, 0.05) is 22.2 Å². The average molecular weight is 333 g/mol. The van der Waals surface area contributed by atoms with Crippen molar-refractivity contribution in [3.05, 3.63) is 55.8 Å². The van der Waals surface area contributed by atoms with E-state index in [1.165, 1.54) is 17.4 Å². The molecule has 2 N–H and O–H groups in total. The fraction of sp³-hybridized carbons (Fsp3) is 0.200. The number of nitro groups is 1. The number of nitro benzene ring substituents is 1. The number of aryl methyl sites for hydroxylation is 2. The van der Waals surface area contributed by atoms with Crippen molar-refractivity contribution in [2.45, 2.75) is 13.8 Å². The van der Waals surface area contributed by atoms with Crippen molar-refractivity contribution in [2.24, 2.45) is 0 Å². The SMILES string of the molecule is Cc1ccc(C(=O)NCC(=O)Nc2ccc(C)c([N+](=O)[O-])c2)s1. The molecule has 0 radical (unpaired) electrons. The van der Waals surface area contributed by atoms with Crippen LogP contribution in [0.25, 0.3) is 0 Å². The first-order chi connectivity index (χ1) is 10.9. The largest absolute Gasteiger partial charge is 0.342 e. The van der Waals surface area contributed by atoms with Crippen LogP contribution >= 0.6 is 11.3 Å². The van der Waals surface area contributed by atoms with E-state index in [1.54, 1.807) is 25.1 Å². The van der Waals surface area contributed by atoms with Crippen molar-refractivity contribution < 1.29 is 14.5 Å². The van der Waals surface area contributed by atoms with Crippen LogP contribution in [0.4, 0.5) is 11.4 Å². The molecular formula is C15H15N3O4S. The lowest BCUT2D eigenvalue weighted by Gasteiger charge is -2.07. The van der Waals surface area contributed by atoms with Gasteiger partial charge in [-0.15, -0.1) is 11.3 Å². The molecule has 0 aliphatic heterocycles. The number of anilines is 1. The summed E-state index contributed by atoms with van der Waals surface area (Å²) in [6, 6.07) is 7.94. The summed E-state index contributed by atoms with van der Waals surface area (Å²) in [7, 11) is 0. The van der Waals surface area contributed by atoms with Crippen LogP contribution < -0.4 is 10.6 Å².